The van der Waals surface area contributed by atoms with Gasteiger partial charge < -0.3 is 15.5 Å². The number of para-hydroxylation sites is 1. The number of nitrogens with zero attached hydrogens (tertiary/aromatic N) is 2. The fourth-order valence-electron chi connectivity index (χ4n) is 2.33. The van der Waals surface area contributed by atoms with Crippen LogP contribution in [0.3, 0.4) is 0 Å². The van der Waals surface area contributed by atoms with Crippen LogP contribution in [0.4, 0.5) is 10.1 Å². The smallest absolute Gasteiger partial charge is 0.255 e. The zero-order valence-corrected chi connectivity index (χ0v) is 11.2. The molecule has 2 N–H and O–H groups in total. The molecule has 1 aromatic carbocycles. The minimum absolute atomic E-state index is 0.0690. The van der Waals surface area contributed by atoms with Gasteiger partial charge >= 0.3 is 0 Å². The number of anilines is 1. The first-order valence-corrected chi connectivity index (χ1v) is 6.61. The van der Waals surface area contributed by atoms with Gasteiger partial charge in [-0.2, -0.15) is 0 Å². The van der Waals surface area contributed by atoms with Crippen LogP contribution in [0.5, 0.6) is 0 Å². The number of carbonyl (C=O) groups excluding carboxylic acids is 1. The van der Waals surface area contributed by atoms with Crippen molar-refractivity contribution in [2.45, 2.75) is 12.8 Å². The van der Waals surface area contributed by atoms with E-state index >= 15 is 0 Å². The van der Waals surface area contributed by atoms with Crippen molar-refractivity contribution in [1.82, 2.24) is 9.80 Å². The maximum atomic E-state index is 13.3. The number of nitrogen functional groups attached to an aromatic ring is 1. The van der Waals surface area contributed by atoms with Crippen LogP contribution in [0, 0.1) is 5.82 Å². The molecule has 0 aliphatic carbocycles. The first-order chi connectivity index (χ1) is 9.09. The topological polar surface area (TPSA) is 49.6 Å². The molecule has 5 heteroatoms. The molecule has 0 unspecified atom stereocenters. The average Bonchev–Trinajstić information content (AvgIpc) is 2.91. The summed E-state index contributed by atoms with van der Waals surface area (Å²) in [4.78, 5) is 16.1. The van der Waals surface area contributed by atoms with Gasteiger partial charge in [-0.05, 0) is 38.1 Å². The molecule has 0 radical (unpaired) electrons. The van der Waals surface area contributed by atoms with E-state index in [1.807, 2.05) is 0 Å². The standard InChI is InChI=1S/C14H20FN3O/c1-17(9-10-18-7-2-3-8-18)14(19)11-5-4-6-12(15)13(11)16/h4-6H,2-3,7-10,16H2,1H3. The lowest BCUT2D eigenvalue weighted by Crippen LogP contribution is -2.35. The number of nitrogens with two attached hydrogens (primary N) is 1. The largest absolute Gasteiger partial charge is 0.396 e. The first-order valence-electron chi connectivity index (χ1n) is 6.61. The fraction of sp³-hybridized carbons (Fsp3) is 0.500. The SMILES string of the molecule is CN(CCN1CCCC1)C(=O)c1cccc(F)c1N. The summed E-state index contributed by atoms with van der Waals surface area (Å²) in [6, 6.07) is 4.33. The third-order valence-electron chi connectivity index (χ3n) is 3.58. The van der Waals surface area contributed by atoms with Gasteiger partial charge in [-0.3, -0.25) is 4.79 Å². The summed E-state index contributed by atoms with van der Waals surface area (Å²) in [6.45, 7) is 3.69. The lowest BCUT2D eigenvalue weighted by Gasteiger charge is -2.22. The molecular weight excluding hydrogens is 245 g/mol. The number of halogens is 1. The number of hydrogen-bond donors (Lipinski definition) is 1. The van der Waals surface area contributed by atoms with E-state index in [2.05, 4.69) is 4.90 Å². The zero-order chi connectivity index (χ0) is 13.8. The lowest BCUT2D eigenvalue weighted by atomic mass is 10.1. The molecule has 1 amide bonds. The molecule has 1 heterocycles. The van der Waals surface area contributed by atoms with Gasteiger partial charge in [0.1, 0.15) is 5.82 Å². The van der Waals surface area contributed by atoms with Gasteiger partial charge in [0.2, 0.25) is 0 Å². The Hall–Kier alpha value is -1.62. The van der Waals surface area contributed by atoms with E-state index in [1.54, 1.807) is 18.0 Å². The van der Waals surface area contributed by atoms with Gasteiger partial charge in [-0.25, -0.2) is 4.39 Å². The van der Waals surface area contributed by atoms with Gasteiger partial charge in [0.25, 0.3) is 5.91 Å². The normalized spacial score (nSPS) is 15.7. The summed E-state index contributed by atoms with van der Waals surface area (Å²) in [5.74, 6) is -0.769. The van der Waals surface area contributed by atoms with Crippen LogP contribution >= 0.6 is 0 Å². The second kappa shape index (κ2) is 6.02. The molecule has 1 aliphatic heterocycles. The number of carbonyl (C=O) groups is 1. The van der Waals surface area contributed by atoms with Crippen molar-refractivity contribution in [3.05, 3.63) is 29.6 Å². The highest BCUT2D eigenvalue weighted by Crippen LogP contribution is 2.17. The van der Waals surface area contributed by atoms with Gasteiger partial charge in [-0.15, -0.1) is 0 Å². The van der Waals surface area contributed by atoms with E-state index in [0.29, 0.717) is 6.54 Å². The summed E-state index contributed by atoms with van der Waals surface area (Å²) in [5.41, 5.74) is 5.78. The van der Waals surface area contributed by atoms with Crippen LogP contribution in [0.15, 0.2) is 18.2 Å². The van der Waals surface area contributed by atoms with E-state index in [0.717, 1.165) is 19.6 Å². The molecule has 0 atom stereocenters. The molecule has 4 nitrogen and oxygen atoms in total. The maximum absolute atomic E-state index is 13.3. The zero-order valence-electron chi connectivity index (χ0n) is 11.2. The van der Waals surface area contributed by atoms with Crippen LogP contribution in [0.1, 0.15) is 23.2 Å². The molecular formula is C14H20FN3O. The Kier molecular flexibility index (Phi) is 4.37. The van der Waals surface area contributed by atoms with E-state index in [4.69, 9.17) is 5.73 Å². The molecule has 0 saturated carbocycles. The molecule has 0 spiro atoms. The van der Waals surface area contributed by atoms with Gasteiger partial charge in [0.05, 0.1) is 11.3 Å². The third kappa shape index (κ3) is 3.23. The Bertz CT molecular complexity index is 458. The van der Waals surface area contributed by atoms with Crippen molar-refractivity contribution >= 4 is 11.6 Å². The van der Waals surface area contributed by atoms with E-state index in [1.165, 1.54) is 25.0 Å². The van der Waals surface area contributed by atoms with E-state index < -0.39 is 5.82 Å². The molecule has 104 valence electrons. The predicted molar refractivity (Wildman–Crippen MR) is 73.4 cm³/mol. The summed E-state index contributed by atoms with van der Waals surface area (Å²) in [7, 11) is 1.72. The molecule has 19 heavy (non-hydrogen) atoms. The Balaban J connectivity index is 1.96. The monoisotopic (exact) mass is 265 g/mol. The van der Waals surface area contributed by atoms with Crippen LogP contribution in [0.25, 0.3) is 0 Å². The van der Waals surface area contributed by atoms with Crippen LogP contribution in [-0.2, 0) is 0 Å². The average molecular weight is 265 g/mol. The summed E-state index contributed by atoms with van der Waals surface area (Å²) >= 11 is 0. The van der Waals surface area contributed by atoms with Crippen LogP contribution < -0.4 is 5.73 Å². The van der Waals surface area contributed by atoms with Crippen molar-refractivity contribution in [1.29, 1.82) is 0 Å². The Morgan fingerprint density at radius 3 is 2.79 bits per heavy atom. The van der Waals surface area contributed by atoms with Crippen molar-refractivity contribution in [2.24, 2.45) is 0 Å². The van der Waals surface area contributed by atoms with Crippen LogP contribution in [-0.4, -0.2) is 48.9 Å². The van der Waals surface area contributed by atoms with Crippen molar-refractivity contribution < 1.29 is 9.18 Å². The molecule has 1 fully saturated rings. The number of benzene rings is 1. The Morgan fingerprint density at radius 2 is 2.11 bits per heavy atom. The minimum Gasteiger partial charge on any atom is -0.396 e. The molecule has 1 aliphatic rings. The van der Waals surface area contributed by atoms with E-state index in [-0.39, 0.29) is 17.2 Å². The number of rotatable bonds is 4. The number of amides is 1. The number of hydrogen-bond acceptors (Lipinski definition) is 3. The number of likely N-dealkylation sites (N-methyl/N-ethyl adjacent to an activating group) is 1. The molecule has 1 aromatic rings. The summed E-state index contributed by atoms with van der Waals surface area (Å²) in [6.07, 6.45) is 2.46. The maximum Gasteiger partial charge on any atom is 0.255 e. The second-order valence-corrected chi connectivity index (χ2v) is 4.98. The summed E-state index contributed by atoms with van der Waals surface area (Å²) in [5, 5.41) is 0. The van der Waals surface area contributed by atoms with Crippen LogP contribution in [0.2, 0.25) is 0 Å². The Labute approximate surface area is 113 Å². The molecule has 0 aromatic heterocycles. The highest BCUT2D eigenvalue weighted by molar-refractivity contribution is 5.99. The highest BCUT2D eigenvalue weighted by Gasteiger charge is 2.18. The van der Waals surface area contributed by atoms with Gasteiger partial charge in [0.15, 0.2) is 0 Å². The van der Waals surface area contributed by atoms with Gasteiger partial charge in [-0.1, -0.05) is 6.07 Å². The van der Waals surface area contributed by atoms with Crippen molar-refractivity contribution in [2.75, 3.05) is 39.0 Å². The van der Waals surface area contributed by atoms with E-state index in [9.17, 15) is 9.18 Å². The number of likely N-dealkylation sites (tertiary alicyclic amines) is 1. The van der Waals surface area contributed by atoms with Crippen molar-refractivity contribution in [3.8, 4) is 0 Å². The molecule has 2 rings (SSSR count). The third-order valence-corrected chi connectivity index (χ3v) is 3.58. The lowest BCUT2D eigenvalue weighted by molar-refractivity contribution is 0.0783. The van der Waals surface area contributed by atoms with Gasteiger partial charge in [0, 0.05) is 20.1 Å². The van der Waals surface area contributed by atoms with Crippen molar-refractivity contribution in [3.63, 3.8) is 0 Å². The molecule has 0 bridgehead atoms. The predicted octanol–water partition coefficient (Wildman–Crippen LogP) is 1.58. The summed E-state index contributed by atoms with van der Waals surface area (Å²) < 4.78 is 13.3. The highest BCUT2D eigenvalue weighted by atomic mass is 19.1. The molecule has 1 saturated heterocycles. The quantitative estimate of drug-likeness (QED) is 0.841. The second-order valence-electron chi connectivity index (χ2n) is 4.98. The first kappa shape index (κ1) is 13.8. The minimum atomic E-state index is -0.543. The fourth-order valence-corrected chi connectivity index (χ4v) is 2.33. The Morgan fingerprint density at radius 1 is 1.42 bits per heavy atom.